The highest BCUT2D eigenvalue weighted by Gasteiger charge is 2.14. The van der Waals surface area contributed by atoms with Crippen molar-refractivity contribution in [3.05, 3.63) is 79.2 Å². The van der Waals surface area contributed by atoms with E-state index in [0.29, 0.717) is 16.0 Å². The van der Waals surface area contributed by atoms with Crippen LogP contribution in [-0.2, 0) is 0 Å². The Kier molecular flexibility index (Phi) is 5.21. The van der Waals surface area contributed by atoms with Gasteiger partial charge in [-0.15, -0.1) is 11.3 Å². The van der Waals surface area contributed by atoms with E-state index in [9.17, 15) is 15.3 Å². The monoisotopic (exact) mass is 373 g/mol. The Morgan fingerprint density at radius 3 is 2.41 bits per heavy atom. The Balaban J connectivity index is 2.41. The maximum Gasteiger partial charge on any atom is 0.273 e. The first-order valence-electron chi connectivity index (χ1n) is 8.07. The molecule has 0 atom stereocenters. The Hall–Kier alpha value is -3.61. The minimum absolute atomic E-state index is 0.119. The molecule has 3 aromatic rings. The predicted molar refractivity (Wildman–Crippen MR) is 105 cm³/mol. The normalized spacial score (nSPS) is 10.9. The van der Waals surface area contributed by atoms with Gasteiger partial charge in [0.05, 0.1) is 17.3 Å². The van der Waals surface area contributed by atoms with Crippen molar-refractivity contribution < 1.29 is 4.74 Å². The van der Waals surface area contributed by atoms with Gasteiger partial charge < -0.3 is 4.74 Å². The van der Waals surface area contributed by atoms with E-state index in [1.165, 1.54) is 11.7 Å². The molecule has 132 valence electrons. The zero-order chi connectivity index (χ0) is 19.4. The molecular formula is C21H15N3O2S. The molecule has 1 aromatic heterocycles. The Morgan fingerprint density at radius 2 is 1.78 bits per heavy atom. The second kappa shape index (κ2) is 7.74. The van der Waals surface area contributed by atoms with Crippen molar-refractivity contribution in [2.75, 3.05) is 7.11 Å². The summed E-state index contributed by atoms with van der Waals surface area (Å²) in [6.45, 7) is 1.99. The fourth-order valence-corrected chi connectivity index (χ4v) is 3.67. The van der Waals surface area contributed by atoms with Gasteiger partial charge in [0.25, 0.3) is 5.56 Å². The summed E-state index contributed by atoms with van der Waals surface area (Å²) in [5.41, 5.74) is 2.06. The number of rotatable bonds is 3. The summed E-state index contributed by atoms with van der Waals surface area (Å²) in [7, 11) is 1.51. The van der Waals surface area contributed by atoms with Crippen LogP contribution in [-0.4, -0.2) is 11.7 Å². The summed E-state index contributed by atoms with van der Waals surface area (Å²) in [4.78, 5) is 13.1. The van der Waals surface area contributed by atoms with Crippen LogP contribution in [0, 0.1) is 29.6 Å². The largest absolute Gasteiger partial charge is 0.495 e. The topological polar surface area (TPSA) is 78.8 Å². The maximum absolute atomic E-state index is 13.1. The number of nitriles is 2. The first-order chi connectivity index (χ1) is 13.1. The van der Waals surface area contributed by atoms with Gasteiger partial charge >= 0.3 is 0 Å². The minimum Gasteiger partial charge on any atom is -0.495 e. The number of hydrogen-bond acceptors (Lipinski definition) is 5. The molecule has 1 heterocycles. The van der Waals surface area contributed by atoms with Crippen LogP contribution < -0.4 is 19.5 Å². The van der Waals surface area contributed by atoms with Crippen LogP contribution >= 0.6 is 11.3 Å². The molecule has 0 spiro atoms. The highest BCUT2D eigenvalue weighted by atomic mass is 32.1. The molecule has 2 aromatic carbocycles. The van der Waals surface area contributed by atoms with E-state index in [0.717, 1.165) is 22.5 Å². The van der Waals surface area contributed by atoms with E-state index in [4.69, 9.17) is 4.74 Å². The van der Waals surface area contributed by atoms with Crippen LogP contribution in [0.2, 0.25) is 0 Å². The van der Waals surface area contributed by atoms with Gasteiger partial charge in [0, 0.05) is 0 Å². The fourth-order valence-electron chi connectivity index (χ4n) is 2.62. The zero-order valence-electron chi connectivity index (χ0n) is 14.8. The summed E-state index contributed by atoms with van der Waals surface area (Å²) in [6, 6.07) is 18.5. The molecule has 0 saturated carbocycles. The lowest BCUT2D eigenvalue weighted by Crippen LogP contribution is -2.31. The van der Waals surface area contributed by atoms with E-state index in [1.807, 2.05) is 43.3 Å². The Morgan fingerprint density at radius 1 is 1.11 bits per heavy atom. The third-order valence-corrected chi connectivity index (χ3v) is 5.05. The van der Waals surface area contributed by atoms with Crippen LogP contribution in [0.25, 0.3) is 17.3 Å². The van der Waals surface area contributed by atoms with Gasteiger partial charge in [-0.1, -0.05) is 42.0 Å². The Bertz CT molecular complexity index is 1240. The first-order valence-corrected chi connectivity index (χ1v) is 8.89. The summed E-state index contributed by atoms with van der Waals surface area (Å²) in [5, 5.41) is 18.7. The van der Waals surface area contributed by atoms with E-state index < -0.39 is 0 Å². The molecule has 6 heteroatoms. The molecule has 0 bridgehead atoms. The molecule has 0 aliphatic carbocycles. The quantitative estimate of drug-likeness (QED) is 0.705. The lowest BCUT2D eigenvalue weighted by molar-refractivity contribution is 0.412. The smallest absolute Gasteiger partial charge is 0.273 e. The van der Waals surface area contributed by atoms with Crippen LogP contribution in [0.1, 0.15) is 11.1 Å². The standard InChI is InChI=1S/C21H15N3O2S/c1-14-7-9-15(10-8-14)11-19-20(25)24(21(27-19)16(12-22)13-23)17-5-3-4-6-18(17)26-2/h3-11H,1-2H3/b19-11+. The number of ether oxygens (including phenoxy) is 1. The number of hydrogen-bond donors (Lipinski definition) is 0. The van der Waals surface area contributed by atoms with Crippen molar-refractivity contribution in [3.63, 3.8) is 0 Å². The van der Waals surface area contributed by atoms with Gasteiger partial charge in [0.1, 0.15) is 22.6 Å². The summed E-state index contributed by atoms with van der Waals surface area (Å²) < 4.78 is 7.44. The maximum atomic E-state index is 13.1. The molecule has 27 heavy (non-hydrogen) atoms. The number of aromatic nitrogens is 1. The fraction of sp³-hybridized carbons (Fsp3) is 0.0952. The molecule has 3 rings (SSSR count). The molecular weight excluding hydrogens is 358 g/mol. The van der Waals surface area contributed by atoms with Gasteiger partial charge in [-0.2, -0.15) is 10.5 Å². The van der Waals surface area contributed by atoms with Crippen molar-refractivity contribution in [2.24, 2.45) is 0 Å². The lowest BCUT2D eigenvalue weighted by Gasteiger charge is -2.08. The van der Waals surface area contributed by atoms with E-state index in [2.05, 4.69) is 0 Å². The van der Waals surface area contributed by atoms with Gasteiger partial charge in [-0.25, -0.2) is 0 Å². The van der Waals surface area contributed by atoms with E-state index in [-0.39, 0.29) is 15.8 Å². The molecule has 0 unspecified atom stereocenters. The Labute approximate surface area is 159 Å². The SMILES string of the molecule is COc1ccccc1-n1c(=C(C#N)C#N)s/c(=C/c2ccc(C)cc2)c1=O. The molecule has 5 nitrogen and oxygen atoms in total. The number of benzene rings is 2. The van der Waals surface area contributed by atoms with Crippen LogP contribution in [0.4, 0.5) is 0 Å². The second-order valence-electron chi connectivity index (χ2n) is 5.74. The van der Waals surface area contributed by atoms with Crippen LogP contribution in [0.3, 0.4) is 0 Å². The van der Waals surface area contributed by atoms with Crippen molar-refractivity contribution in [1.29, 1.82) is 10.5 Å². The summed E-state index contributed by atoms with van der Waals surface area (Å²) in [6.07, 6.45) is 1.76. The van der Waals surface area contributed by atoms with Crippen molar-refractivity contribution in [1.82, 2.24) is 4.57 Å². The number of nitrogens with zero attached hydrogens (tertiary/aromatic N) is 3. The molecule has 0 radical (unpaired) electrons. The number of thiazole rings is 1. The number of aryl methyl sites for hydroxylation is 1. The van der Waals surface area contributed by atoms with Crippen LogP contribution in [0.5, 0.6) is 5.75 Å². The van der Waals surface area contributed by atoms with Gasteiger partial charge in [0.15, 0.2) is 5.57 Å². The first kappa shape index (κ1) is 18.2. The molecule has 0 aliphatic rings. The van der Waals surface area contributed by atoms with Gasteiger partial charge in [0.2, 0.25) is 0 Å². The third kappa shape index (κ3) is 3.52. The van der Waals surface area contributed by atoms with Crippen molar-refractivity contribution >= 4 is 23.0 Å². The third-order valence-electron chi connectivity index (χ3n) is 3.96. The van der Waals surface area contributed by atoms with Gasteiger partial charge in [-0.3, -0.25) is 9.36 Å². The lowest BCUT2D eigenvalue weighted by atomic mass is 10.1. The average molecular weight is 373 g/mol. The molecule has 0 fully saturated rings. The van der Waals surface area contributed by atoms with Crippen LogP contribution in [0.15, 0.2) is 53.3 Å². The van der Waals surface area contributed by atoms with Crippen molar-refractivity contribution in [2.45, 2.75) is 6.92 Å². The van der Waals surface area contributed by atoms with E-state index >= 15 is 0 Å². The van der Waals surface area contributed by atoms with Crippen molar-refractivity contribution in [3.8, 4) is 23.6 Å². The van der Waals surface area contributed by atoms with E-state index in [1.54, 1.807) is 30.3 Å². The molecule has 0 saturated heterocycles. The highest BCUT2D eigenvalue weighted by molar-refractivity contribution is 7.07. The molecule has 0 aliphatic heterocycles. The highest BCUT2D eigenvalue weighted by Crippen LogP contribution is 2.19. The average Bonchev–Trinajstić information content (AvgIpc) is 3.00. The summed E-state index contributed by atoms with van der Waals surface area (Å²) in [5.74, 6) is 0.482. The second-order valence-corrected chi connectivity index (χ2v) is 6.77. The minimum atomic E-state index is -0.303. The number of para-hydroxylation sites is 2. The number of methoxy groups -OCH3 is 1. The summed E-state index contributed by atoms with van der Waals surface area (Å²) >= 11 is 1.11. The predicted octanol–water partition coefficient (Wildman–Crippen LogP) is 2.24. The molecule has 0 N–H and O–H groups in total. The molecule has 0 amide bonds. The zero-order valence-corrected chi connectivity index (χ0v) is 15.6. The van der Waals surface area contributed by atoms with Gasteiger partial charge in [-0.05, 0) is 30.7 Å².